The first-order chi connectivity index (χ1) is 8.90. The summed E-state index contributed by atoms with van der Waals surface area (Å²) in [5, 5.41) is 12.2. The van der Waals surface area contributed by atoms with Gasteiger partial charge in [-0.15, -0.1) is 0 Å². The average Bonchev–Trinajstić information content (AvgIpc) is 2.32. The summed E-state index contributed by atoms with van der Waals surface area (Å²) in [5.41, 5.74) is 6.08. The summed E-state index contributed by atoms with van der Waals surface area (Å²) in [7, 11) is 0. The molecule has 0 unspecified atom stereocenters. The molecule has 3 N–H and O–H groups in total. The standard InChI is InChI=1S/C12H10Cl2N4O/c1-6-4-10(19)11(12(15)16)17-18(6)7-2-3-8(13)9(14)5-7/h2-5H,1H3,(H3,15,16). The number of halogens is 2. The minimum atomic E-state index is -0.388. The quantitative estimate of drug-likeness (QED) is 0.658. The molecule has 1 aromatic carbocycles. The van der Waals surface area contributed by atoms with Gasteiger partial charge in [-0.3, -0.25) is 10.2 Å². The molecule has 0 aliphatic heterocycles. The van der Waals surface area contributed by atoms with Crippen molar-refractivity contribution in [1.29, 1.82) is 5.41 Å². The second-order valence-electron chi connectivity index (χ2n) is 3.92. The zero-order valence-electron chi connectivity index (χ0n) is 9.95. The third-order valence-electron chi connectivity index (χ3n) is 2.51. The Morgan fingerprint density at radius 1 is 1.32 bits per heavy atom. The smallest absolute Gasteiger partial charge is 0.211 e. The number of benzene rings is 1. The van der Waals surface area contributed by atoms with Crippen LogP contribution in [0, 0.1) is 12.3 Å². The number of rotatable bonds is 2. The van der Waals surface area contributed by atoms with E-state index in [0.29, 0.717) is 21.4 Å². The van der Waals surface area contributed by atoms with Crippen LogP contribution in [0.2, 0.25) is 10.0 Å². The predicted molar refractivity (Wildman–Crippen MR) is 75.6 cm³/mol. The van der Waals surface area contributed by atoms with E-state index in [-0.39, 0.29) is 17.0 Å². The third-order valence-corrected chi connectivity index (χ3v) is 3.25. The third kappa shape index (κ3) is 2.62. The molecule has 98 valence electrons. The van der Waals surface area contributed by atoms with Gasteiger partial charge >= 0.3 is 0 Å². The molecule has 0 amide bonds. The van der Waals surface area contributed by atoms with E-state index in [4.69, 9.17) is 34.3 Å². The molecular formula is C12H10Cl2N4O. The number of aromatic nitrogens is 2. The van der Waals surface area contributed by atoms with Crippen LogP contribution >= 0.6 is 23.2 Å². The summed E-state index contributed by atoms with van der Waals surface area (Å²) in [6.45, 7) is 1.72. The van der Waals surface area contributed by atoms with Crippen LogP contribution in [0.1, 0.15) is 11.4 Å². The number of amidine groups is 1. The lowest BCUT2D eigenvalue weighted by molar-refractivity contribution is 0.792. The fourth-order valence-corrected chi connectivity index (χ4v) is 1.90. The number of nitrogens with one attached hydrogen (secondary N) is 1. The highest BCUT2D eigenvalue weighted by Crippen LogP contribution is 2.24. The van der Waals surface area contributed by atoms with E-state index in [1.54, 1.807) is 25.1 Å². The molecule has 0 bridgehead atoms. The van der Waals surface area contributed by atoms with Gasteiger partial charge in [0.2, 0.25) is 5.43 Å². The average molecular weight is 297 g/mol. The van der Waals surface area contributed by atoms with Crippen molar-refractivity contribution in [2.24, 2.45) is 5.73 Å². The van der Waals surface area contributed by atoms with Crippen molar-refractivity contribution >= 4 is 29.0 Å². The van der Waals surface area contributed by atoms with Gasteiger partial charge in [0, 0.05) is 11.8 Å². The molecule has 19 heavy (non-hydrogen) atoms. The molecule has 0 radical (unpaired) electrons. The fourth-order valence-electron chi connectivity index (χ4n) is 1.61. The Labute approximate surface area is 119 Å². The Hall–Kier alpha value is -1.85. The Morgan fingerprint density at radius 3 is 2.58 bits per heavy atom. The van der Waals surface area contributed by atoms with Gasteiger partial charge in [0.25, 0.3) is 0 Å². The van der Waals surface area contributed by atoms with E-state index in [2.05, 4.69) is 5.10 Å². The molecule has 2 aromatic rings. The summed E-state index contributed by atoms with van der Waals surface area (Å²) in [6, 6.07) is 6.33. The van der Waals surface area contributed by atoms with Gasteiger partial charge in [-0.25, -0.2) is 4.68 Å². The zero-order chi connectivity index (χ0) is 14.2. The highest BCUT2D eigenvalue weighted by molar-refractivity contribution is 6.42. The number of hydrogen-bond acceptors (Lipinski definition) is 3. The van der Waals surface area contributed by atoms with Crippen LogP contribution in [0.5, 0.6) is 0 Å². The minimum Gasteiger partial charge on any atom is -0.382 e. The van der Waals surface area contributed by atoms with Gasteiger partial charge in [-0.2, -0.15) is 5.10 Å². The Balaban J connectivity index is 2.68. The van der Waals surface area contributed by atoms with Crippen molar-refractivity contribution in [1.82, 2.24) is 9.78 Å². The van der Waals surface area contributed by atoms with Gasteiger partial charge in [0.05, 0.1) is 15.7 Å². The van der Waals surface area contributed by atoms with Crippen LogP contribution in [0.4, 0.5) is 0 Å². The summed E-state index contributed by atoms with van der Waals surface area (Å²) >= 11 is 11.8. The van der Waals surface area contributed by atoms with E-state index >= 15 is 0 Å². The van der Waals surface area contributed by atoms with Crippen molar-refractivity contribution in [2.75, 3.05) is 0 Å². The number of aryl methyl sites for hydroxylation is 1. The first-order valence-electron chi connectivity index (χ1n) is 5.31. The first kappa shape index (κ1) is 13.6. The van der Waals surface area contributed by atoms with Gasteiger partial charge in [-0.1, -0.05) is 23.2 Å². The second kappa shape index (κ2) is 5.03. The molecule has 1 heterocycles. The summed E-state index contributed by atoms with van der Waals surface area (Å²) in [6.07, 6.45) is 0. The lowest BCUT2D eigenvalue weighted by Gasteiger charge is -2.11. The van der Waals surface area contributed by atoms with Crippen LogP contribution in [-0.2, 0) is 0 Å². The van der Waals surface area contributed by atoms with Crippen LogP contribution < -0.4 is 11.2 Å². The van der Waals surface area contributed by atoms with E-state index in [1.807, 2.05) is 0 Å². The maximum atomic E-state index is 11.6. The number of nitrogen functional groups attached to an aromatic ring is 1. The summed E-state index contributed by atoms with van der Waals surface area (Å²) in [4.78, 5) is 11.6. The van der Waals surface area contributed by atoms with E-state index in [9.17, 15) is 4.79 Å². The maximum absolute atomic E-state index is 11.6. The lowest BCUT2D eigenvalue weighted by atomic mass is 10.2. The molecule has 0 aliphatic carbocycles. The normalized spacial score (nSPS) is 10.5. The highest BCUT2D eigenvalue weighted by atomic mass is 35.5. The molecular weight excluding hydrogens is 287 g/mol. The molecule has 7 heteroatoms. The molecule has 0 fully saturated rings. The SMILES string of the molecule is Cc1cc(=O)c(C(=N)N)nn1-c1ccc(Cl)c(Cl)c1. The Kier molecular flexibility index (Phi) is 3.59. The molecule has 0 saturated heterocycles. The topological polar surface area (TPSA) is 84.8 Å². The monoisotopic (exact) mass is 296 g/mol. The van der Waals surface area contributed by atoms with Crippen LogP contribution in [-0.4, -0.2) is 15.6 Å². The molecule has 0 spiro atoms. The van der Waals surface area contributed by atoms with Crippen molar-refractivity contribution in [2.45, 2.75) is 6.92 Å². The van der Waals surface area contributed by atoms with Gasteiger partial charge in [0.15, 0.2) is 5.69 Å². The van der Waals surface area contributed by atoms with E-state index in [0.717, 1.165) is 0 Å². The van der Waals surface area contributed by atoms with E-state index in [1.165, 1.54) is 10.7 Å². The zero-order valence-corrected chi connectivity index (χ0v) is 11.5. The Bertz CT molecular complexity index is 724. The first-order valence-corrected chi connectivity index (χ1v) is 6.06. The number of nitrogens with two attached hydrogens (primary N) is 1. The summed E-state index contributed by atoms with van der Waals surface area (Å²) in [5.74, 6) is -0.376. The molecule has 5 nitrogen and oxygen atoms in total. The summed E-state index contributed by atoms with van der Waals surface area (Å²) < 4.78 is 1.49. The molecule has 0 saturated carbocycles. The van der Waals surface area contributed by atoms with E-state index < -0.39 is 0 Å². The highest BCUT2D eigenvalue weighted by Gasteiger charge is 2.10. The van der Waals surface area contributed by atoms with Gasteiger partial charge < -0.3 is 5.73 Å². The Morgan fingerprint density at radius 2 is 2.00 bits per heavy atom. The maximum Gasteiger partial charge on any atom is 0.211 e. The fraction of sp³-hybridized carbons (Fsp3) is 0.0833. The number of nitrogens with zero attached hydrogens (tertiary/aromatic N) is 2. The molecule has 2 rings (SSSR count). The van der Waals surface area contributed by atoms with Crippen molar-refractivity contribution in [3.8, 4) is 5.69 Å². The predicted octanol–water partition coefficient (Wildman–Crippen LogP) is 2.13. The van der Waals surface area contributed by atoms with Crippen molar-refractivity contribution in [3.63, 3.8) is 0 Å². The van der Waals surface area contributed by atoms with Gasteiger partial charge in [-0.05, 0) is 25.1 Å². The lowest BCUT2D eigenvalue weighted by Crippen LogP contribution is -2.27. The van der Waals surface area contributed by atoms with Crippen molar-refractivity contribution in [3.05, 3.63) is 55.9 Å². The second-order valence-corrected chi connectivity index (χ2v) is 4.74. The molecule has 0 aliphatic rings. The van der Waals surface area contributed by atoms with Crippen LogP contribution in [0.3, 0.4) is 0 Å². The van der Waals surface area contributed by atoms with Crippen LogP contribution in [0.25, 0.3) is 5.69 Å². The molecule has 1 aromatic heterocycles. The number of hydrogen-bond donors (Lipinski definition) is 2. The molecule has 0 atom stereocenters. The van der Waals surface area contributed by atoms with Crippen LogP contribution in [0.15, 0.2) is 29.1 Å². The minimum absolute atomic E-state index is 0.100. The largest absolute Gasteiger partial charge is 0.382 e. The van der Waals surface area contributed by atoms with Crippen molar-refractivity contribution < 1.29 is 0 Å². The van der Waals surface area contributed by atoms with Gasteiger partial charge in [0.1, 0.15) is 5.84 Å².